The maximum Gasteiger partial charge on any atom is 0.295 e. The average Bonchev–Trinajstić information content (AvgIpc) is 3.17. The maximum absolute atomic E-state index is 12.9. The molecule has 4 aromatic rings. The minimum absolute atomic E-state index is 0.0909. The Kier molecular flexibility index (Phi) is 5.38. The maximum atomic E-state index is 12.9. The van der Waals surface area contributed by atoms with Crippen LogP contribution in [0.1, 0.15) is 27.3 Å². The van der Waals surface area contributed by atoms with E-state index in [0.29, 0.717) is 10.8 Å². The number of aromatic nitrogens is 3. The quantitative estimate of drug-likeness (QED) is 0.459. The molecule has 6 heteroatoms. The molecular formula is C24H21ClN4O. The smallest absolute Gasteiger partial charge is 0.295 e. The van der Waals surface area contributed by atoms with Gasteiger partial charge in [0.15, 0.2) is 5.82 Å². The Morgan fingerprint density at radius 3 is 2.40 bits per heavy atom. The van der Waals surface area contributed by atoms with Gasteiger partial charge in [0.2, 0.25) is 5.82 Å². The van der Waals surface area contributed by atoms with Gasteiger partial charge < -0.3 is 5.32 Å². The highest BCUT2D eigenvalue weighted by Gasteiger charge is 2.20. The minimum atomic E-state index is -0.365. The number of nitrogens with zero attached hydrogens (tertiary/aromatic N) is 3. The van der Waals surface area contributed by atoms with E-state index >= 15 is 0 Å². The highest BCUT2D eigenvalue weighted by Crippen LogP contribution is 2.26. The van der Waals surface area contributed by atoms with Gasteiger partial charge in [-0.15, -0.1) is 5.10 Å². The highest BCUT2D eigenvalue weighted by atomic mass is 35.5. The van der Waals surface area contributed by atoms with Gasteiger partial charge >= 0.3 is 0 Å². The van der Waals surface area contributed by atoms with Gasteiger partial charge in [0, 0.05) is 16.3 Å². The number of rotatable bonds is 4. The summed E-state index contributed by atoms with van der Waals surface area (Å²) >= 11 is 6.24. The fraction of sp³-hybridized carbons (Fsp3) is 0.125. The van der Waals surface area contributed by atoms with Crippen LogP contribution in [0.4, 0.5) is 5.69 Å². The molecule has 0 aliphatic carbocycles. The van der Waals surface area contributed by atoms with Crippen molar-refractivity contribution in [2.24, 2.45) is 0 Å². The predicted octanol–water partition coefficient (Wildman–Crippen LogP) is 5.77. The van der Waals surface area contributed by atoms with Crippen molar-refractivity contribution in [2.75, 3.05) is 5.32 Å². The second-order valence-corrected chi connectivity index (χ2v) is 7.67. The Morgan fingerprint density at radius 2 is 1.67 bits per heavy atom. The van der Waals surface area contributed by atoms with Crippen molar-refractivity contribution in [3.63, 3.8) is 0 Å². The lowest BCUT2D eigenvalue weighted by atomic mass is 10.1. The molecule has 1 heterocycles. The number of amides is 1. The molecule has 0 aliphatic heterocycles. The van der Waals surface area contributed by atoms with Crippen LogP contribution in [-0.2, 0) is 0 Å². The fourth-order valence-electron chi connectivity index (χ4n) is 3.17. The van der Waals surface area contributed by atoms with Crippen LogP contribution in [0.25, 0.3) is 17.1 Å². The first-order valence-corrected chi connectivity index (χ1v) is 9.98. The van der Waals surface area contributed by atoms with E-state index in [4.69, 9.17) is 11.6 Å². The van der Waals surface area contributed by atoms with Gasteiger partial charge in [0.05, 0.1) is 5.69 Å². The largest absolute Gasteiger partial charge is 0.319 e. The molecule has 0 atom stereocenters. The van der Waals surface area contributed by atoms with Crippen LogP contribution < -0.4 is 5.32 Å². The molecule has 5 nitrogen and oxygen atoms in total. The Balaban J connectivity index is 1.81. The normalized spacial score (nSPS) is 10.8. The van der Waals surface area contributed by atoms with Gasteiger partial charge in [0.25, 0.3) is 5.91 Å². The van der Waals surface area contributed by atoms with Crippen molar-refractivity contribution < 1.29 is 4.79 Å². The summed E-state index contributed by atoms with van der Waals surface area (Å²) in [5.74, 6) is 0.305. The monoisotopic (exact) mass is 416 g/mol. The topological polar surface area (TPSA) is 59.8 Å². The molecule has 30 heavy (non-hydrogen) atoms. The molecule has 0 unspecified atom stereocenters. The summed E-state index contributed by atoms with van der Waals surface area (Å²) in [6.45, 7) is 5.94. The number of hydrogen-bond donors (Lipinski definition) is 1. The number of carbonyl (C=O) groups is 1. The molecule has 4 rings (SSSR count). The summed E-state index contributed by atoms with van der Waals surface area (Å²) < 4.78 is 1.68. The predicted molar refractivity (Wildman–Crippen MR) is 120 cm³/mol. The first-order chi connectivity index (χ1) is 14.4. The first-order valence-electron chi connectivity index (χ1n) is 9.60. The molecule has 1 amide bonds. The van der Waals surface area contributed by atoms with Gasteiger partial charge in [-0.25, -0.2) is 9.67 Å². The number of benzene rings is 3. The fourth-order valence-corrected chi connectivity index (χ4v) is 3.33. The van der Waals surface area contributed by atoms with E-state index in [9.17, 15) is 4.79 Å². The Hall–Kier alpha value is -3.44. The summed E-state index contributed by atoms with van der Waals surface area (Å²) in [6.07, 6.45) is 0. The molecule has 3 aromatic carbocycles. The molecule has 0 fully saturated rings. The van der Waals surface area contributed by atoms with Crippen LogP contribution in [0.3, 0.4) is 0 Å². The number of nitrogens with one attached hydrogen (secondary N) is 1. The van der Waals surface area contributed by atoms with Crippen molar-refractivity contribution in [1.82, 2.24) is 14.8 Å². The molecular weight excluding hydrogens is 396 g/mol. The minimum Gasteiger partial charge on any atom is -0.319 e. The van der Waals surface area contributed by atoms with Crippen LogP contribution in [-0.4, -0.2) is 20.7 Å². The number of anilines is 1. The molecule has 150 valence electrons. The van der Waals surface area contributed by atoms with Crippen molar-refractivity contribution >= 4 is 23.2 Å². The third kappa shape index (κ3) is 3.98. The molecule has 0 radical (unpaired) electrons. The standard InChI is InChI=1S/C24H21ClN4O/c1-15-8-11-18(12-9-15)23-27-22(24(30)26-20-7-5-4-6-16(20)2)28-29(23)21-14-19(25)13-10-17(21)3/h4-14H,1-3H3,(H,26,30). The molecule has 1 aromatic heterocycles. The zero-order valence-electron chi connectivity index (χ0n) is 17.0. The van der Waals surface area contributed by atoms with Gasteiger partial charge in [0.1, 0.15) is 0 Å². The van der Waals surface area contributed by atoms with Crippen LogP contribution in [0, 0.1) is 20.8 Å². The number of para-hydroxylation sites is 1. The van der Waals surface area contributed by atoms with E-state index in [-0.39, 0.29) is 11.7 Å². The lowest BCUT2D eigenvalue weighted by Gasteiger charge is -2.09. The third-order valence-electron chi connectivity index (χ3n) is 4.91. The van der Waals surface area contributed by atoms with Crippen molar-refractivity contribution in [2.45, 2.75) is 20.8 Å². The SMILES string of the molecule is Cc1ccc(-c2nc(C(=O)Nc3ccccc3C)nn2-c2cc(Cl)ccc2C)cc1. The van der Waals surface area contributed by atoms with Gasteiger partial charge in [-0.2, -0.15) is 0 Å². The third-order valence-corrected chi connectivity index (χ3v) is 5.15. The summed E-state index contributed by atoms with van der Waals surface area (Å²) in [5, 5.41) is 8.03. The van der Waals surface area contributed by atoms with Gasteiger partial charge in [-0.05, 0) is 50.1 Å². The zero-order chi connectivity index (χ0) is 21.3. The molecule has 0 aliphatic rings. The van der Waals surface area contributed by atoms with E-state index in [0.717, 1.165) is 33.6 Å². The lowest BCUT2D eigenvalue weighted by Crippen LogP contribution is -2.15. The number of hydrogen-bond acceptors (Lipinski definition) is 3. The average molecular weight is 417 g/mol. The first kappa shape index (κ1) is 19.9. The van der Waals surface area contributed by atoms with Crippen molar-refractivity contribution in [3.8, 4) is 17.1 Å². The molecule has 0 spiro atoms. The molecule has 0 saturated carbocycles. The highest BCUT2D eigenvalue weighted by molar-refractivity contribution is 6.30. The van der Waals surface area contributed by atoms with Crippen molar-refractivity contribution in [3.05, 3.63) is 94.3 Å². The lowest BCUT2D eigenvalue weighted by molar-refractivity contribution is 0.101. The van der Waals surface area contributed by atoms with Crippen LogP contribution in [0.15, 0.2) is 66.7 Å². The Labute approximate surface area is 180 Å². The zero-order valence-corrected chi connectivity index (χ0v) is 17.7. The van der Waals surface area contributed by atoms with E-state index in [2.05, 4.69) is 15.4 Å². The van der Waals surface area contributed by atoms with Crippen LogP contribution >= 0.6 is 11.6 Å². The number of aryl methyl sites for hydroxylation is 3. The van der Waals surface area contributed by atoms with E-state index in [1.807, 2.05) is 87.5 Å². The van der Waals surface area contributed by atoms with Crippen molar-refractivity contribution in [1.29, 1.82) is 0 Å². The Morgan fingerprint density at radius 1 is 0.933 bits per heavy atom. The van der Waals surface area contributed by atoms with E-state index < -0.39 is 0 Å². The van der Waals surface area contributed by atoms with Crippen LogP contribution in [0.2, 0.25) is 5.02 Å². The van der Waals surface area contributed by atoms with Gasteiger partial charge in [-0.1, -0.05) is 65.7 Å². The van der Waals surface area contributed by atoms with Gasteiger partial charge in [-0.3, -0.25) is 4.79 Å². The molecule has 0 bridgehead atoms. The number of carbonyl (C=O) groups excluding carboxylic acids is 1. The molecule has 0 saturated heterocycles. The van der Waals surface area contributed by atoms with E-state index in [1.54, 1.807) is 4.68 Å². The number of halogens is 1. The molecule has 1 N–H and O–H groups in total. The second-order valence-electron chi connectivity index (χ2n) is 7.24. The second kappa shape index (κ2) is 8.13. The van der Waals surface area contributed by atoms with E-state index in [1.165, 1.54) is 0 Å². The summed E-state index contributed by atoms with van der Waals surface area (Å²) in [5.41, 5.74) is 5.46. The van der Waals surface area contributed by atoms with Crippen LogP contribution in [0.5, 0.6) is 0 Å². The summed E-state index contributed by atoms with van der Waals surface area (Å²) in [6, 6.07) is 21.1. The summed E-state index contributed by atoms with van der Waals surface area (Å²) in [4.78, 5) is 17.5. The Bertz CT molecular complexity index is 1230. The summed E-state index contributed by atoms with van der Waals surface area (Å²) in [7, 11) is 0.